The number of aliphatic imine (C=N–C) groups is 2. The van der Waals surface area contributed by atoms with Crippen LogP contribution < -0.4 is 0 Å². The first-order chi connectivity index (χ1) is 10.2. The molecule has 0 saturated carbocycles. The third kappa shape index (κ3) is 3.36. The molecule has 2 aliphatic heterocycles. The second kappa shape index (κ2) is 6.45. The zero-order valence-corrected chi connectivity index (χ0v) is 12.6. The first-order valence-electron chi connectivity index (χ1n) is 7.22. The van der Waals surface area contributed by atoms with Crippen molar-refractivity contribution in [2.75, 3.05) is 32.7 Å². The number of piperazine rings is 1. The Hall–Kier alpha value is -1.59. The van der Waals surface area contributed by atoms with Gasteiger partial charge in [-0.1, -0.05) is 23.7 Å². The van der Waals surface area contributed by atoms with Gasteiger partial charge in [0.05, 0.1) is 5.02 Å². The van der Waals surface area contributed by atoms with E-state index in [2.05, 4.69) is 19.8 Å². The number of para-hydroxylation sites is 1. The van der Waals surface area contributed by atoms with Crippen LogP contribution in [0.1, 0.15) is 12.0 Å². The maximum absolute atomic E-state index is 9.98. The molecule has 1 aromatic rings. The van der Waals surface area contributed by atoms with Crippen LogP contribution in [0.5, 0.6) is 5.75 Å². The summed E-state index contributed by atoms with van der Waals surface area (Å²) in [7, 11) is 0. The van der Waals surface area contributed by atoms with E-state index in [0.717, 1.165) is 57.1 Å². The summed E-state index contributed by atoms with van der Waals surface area (Å²) < 4.78 is 0. The number of phenolic OH excluding ortho intramolecular Hbond substituents is 1. The number of amidine groups is 1. The molecule has 1 N–H and O–H groups in total. The number of nitrogens with zero attached hydrogens (tertiary/aromatic N) is 4. The highest BCUT2D eigenvalue weighted by atomic mass is 35.5. The predicted octanol–water partition coefficient (Wildman–Crippen LogP) is 1.99. The van der Waals surface area contributed by atoms with Gasteiger partial charge in [0.15, 0.2) is 0 Å². The van der Waals surface area contributed by atoms with E-state index in [4.69, 9.17) is 11.6 Å². The molecule has 0 unspecified atom stereocenters. The minimum Gasteiger partial charge on any atom is -0.506 e. The summed E-state index contributed by atoms with van der Waals surface area (Å²) in [5.41, 5.74) is 0.887. The molecule has 3 rings (SSSR count). The summed E-state index contributed by atoms with van der Waals surface area (Å²) in [6, 6.07) is 5.51. The third-order valence-corrected chi connectivity index (χ3v) is 4.26. The van der Waals surface area contributed by atoms with Gasteiger partial charge in [-0.3, -0.25) is 9.89 Å². The molecular formula is C15H19ClN4O. The highest BCUT2D eigenvalue weighted by molar-refractivity contribution is 6.32. The van der Waals surface area contributed by atoms with Crippen LogP contribution >= 0.6 is 11.6 Å². The summed E-state index contributed by atoms with van der Waals surface area (Å²) in [6.07, 6.45) is 2.60. The Kier molecular flexibility index (Phi) is 4.41. The monoisotopic (exact) mass is 306 g/mol. The molecule has 0 amide bonds. The molecule has 0 bridgehead atoms. The number of benzene rings is 1. The van der Waals surface area contributed by atoms with Crippen molar-refractivity contribution in [2.45, 2.75) is 13.0 Å². The fourth-order valence-electron chi connectivity index (χ4n) is 2.73. The number of hydrogen-bond acceptors (Lipinski definition) is 5. The highest BCUT2D eigenvalue weighted by Crippen LogP contribution is 2.28. The van der Waals surface area contributed by atoms with Crippen molar-refractivity contribution in [3.63, 3.8) is 0 Å². The topological polar surface area (TPSA) is 51.4 Å². The standard InChI is InChI=1S/C15H19ClN4O/c16-13-3-1-2-12(15(13)21)10-19-6-8-20(9-7-19)14-4-5-17-11-18-14/h1-3,11,21H,4-10H2. The molecule has 1 saturated heterocycles. The molecule has 0 aliphatic carbocycles. The van der Waals surface area contributed by atoms with Gasteiger partial charge < -0.3 is 10.0 Å². The summed E-state index contributed by atoms with van der Waals surface area (Å²) in [4.78, 5) is 13.1. The van der Waals surface area contributed by atoms with E-state index < -0.39 is 0 Å². The van der Waals surface area contributed by atoms with Crippen molar-refractivity contribution < 1.29 is 5.11 Å². The summed E-state index contributed by atoms with van der Waals surface area (Å²) in [6.45, 7) is 5.43. The van der Waals surface area contributed by atoms with Gasteiger partial charge >= 0.3 is 0 Å². The molecule has 0 radical (unpaired) electrons. The average Bonchev–Trinajstić information content (AvgIpc) is 2.53. The minimum absolute atomic E-state index is 0.203. The van der Waals surface area contributed by atoms with Crippen LogP contribution in [0.15, 0.2) is 28.2 Å². The highest BCUT2D eigenvalue weighted by Gasteiger charge is 2.21. The molecule has 2 heterocycles. The van der Waals surface area contributed by atoms with Gasteiger partial charge in [-0.25, -0.2) is 4.99 Å². The first kappa shape index (κ1) is 14.4. The molecule has 1 fully saturated rings. The Labute approximate surface area is 129 Å². The molecule has 0 spiro atoms. The SMILES string of the molecule is Oc1c(Cl)cccc1CN1CCN(C2=NC=NCC2)CC1. The largest absolute Gasteiger partial charge is 0.506 e. The minimum atomic E-state index is 0.203. The summed E-state index contributed by atoms with van der Waals surface area (Å²) in [5.74, 6) is 1.35. The van der Waals surface area contributed by atoms with E-state index in [9.17, 15) is 5.11 Å². The van der Waals surface area contributed by atoms with Gasteiger partial charge in [0, 0.05) is 51.3 Å². The summed E-state index contributed by atoms with van der Waals surface area (Å²) >= 11 is 5.95. The maximum atomic E-state index is 9.98. The lowest BCUT2D eigenvalue weighted by molar-refractivity contribution is 0.172. The average molecular weight is 307 g/mol. The van der Waals surface area contributed by atoms with E-state index in [1.807, 2.05) is 12.1 Å². The molecule has 0 atom stereocenters. The van der Waals surface area contributed by atoms with E-state index in [1.165, 1.54) is 0 Å². The van der Waals surface area contributed by atoms with E-state index in [0.29, 0.717) is 5.02 Å². The van der Waals surface area contributed by atoms with Gasteiger partial charge in [-0.2, -0.15) is 0 Å². The molecule has 1 aromatic carbocycles. The second-order valence-corrected chi connectivity index (χ2v) is 5.73. The third-order valence-electron chi connectivity index (χ3n) is 3.95. The van der Waals surface area contributed by atoms with Crippen LogP contribution in [-0.4, -0.2) is 59.8 Å². The number of hydrogen-bond donors (Lipinski definition) is 1. The van der Waals surface area contributed by atoms with Gasteiger partial charge in [0.25, 0.3) is 0 Å². The fourth-order valence-corrected chi connectivity index (χ4v) is 2.92. The predicted molar refractivity (Wildman–Crippen MR) is 85.4 cm³/mol. The number of rotatable bonds is 2. The molecule has 5 nitrogen and oxygen atoms in total. The molecule has 0 aromatic heterocycles. The molecular weight excluding hydrogens is 288 g/mol. The Morgan fingerprint density at radius 1 is 1.19 bits per heavy atom. The lowest BCUT2D eigenvalue weighted by Gasteiger charge is -2.36. The van der Waals surface area contributed by atoms with E-state index in [-0.39, 0.29) is 5.75 Å². The fraction of sp³-hybridized carbons (Fsp3) is 0.467. The zero-order chi connectivity index (χ0) is 14.7. The van der Waals surface area contributed by atoms with Gasteiger partial charge in [-0.05, 0) is 6.07 Å². The lowest BCUT2D eigenvalue weighted by Crippen LogP contribution is -2.48. The molecule has 2 aliphatic rings. The van der Waals surface area contributed by atoms with Crippen molar-refractivity contribution in [3.8, 4) is 5.75 Å². The summed E-state index contributed by atoms with van der Waals surface area (Å²) in [5, 5.41) is 10.4. The molecule has 21 heavy (non-hydrogen) atoms. The first-order valence-corrected chi connectivity index (χ1v) is 7.60. The van der Waals surface area contributed by atoms with Crippen LogP contribution in [-0.2, 0) is 6.54 Å². The van der Waals surface area contributed by atoms with Crippen molar-refractivity contribution in [2.24, 2.45) is 9.98 Å². The van der Waals surface area contributed by atoms with Crippen LogP contribution in [0, 0.1) is 0 Å². The number of halogens is 1. The van der Waals surface area contributed by atoms with Crippen LogP contribution in [0.2, 0.25) is 5.02 Å². The Bertz CT molecular complexity index is 565. The maximum Gasteiger partial charge on any atom is 0.138 e. The van der Waals surface area contributed by atoms with E-state index >= 15 is 0 Å². The van der Waals surface area contributed by atoms with Crippen molar-refractivity contribution >= 4 is 23.8 Å². The quantitative estimate of drug-likeness (QED) is 0.909. The van der Waals surface area contributed by atoms with Crippen LogP contribution in [0.4, 0.5) is 0 Å². The second-order valence-electron chi connectivity index (χ2n) is 5.33. The normalized spacial score (nSPS) is 19.7. The molecule has 6 heteroatoms. The Balaban J connectivity index is 1.57. The van der Waals surface area contributed by atoms with Crippen LogP contribution in [0.25, 0.3) is 0 Å². The van der Waals surface area contributed by atoms with E-state index in [1.54, 1.807) is 12.4 Å². The Morgan fingerprint density at radius 3 is 2.71 bits per heavy atom. The van der Waals surface area contributed by atoms with Crippen molar-refractivity contribution in [3.05, 3.63) is 28.8 Å². The van der Waals surface area contributed by atoms with Gasteiger partial charge in [-0.15, -0.1) is 0 Å². The molecule has 112 valence electrons. The van der Waals surface area contributed by atoms with Crippen LogP contribution in [0.3, 0.4) is 0 Å². The van der Waals surface area contributed by atoms with Crippen molar-refractivity contribution in [1.82, 2.24) is 9.80 Å². The smallest absolute Gasteiger partial charge is 0.138 e. The number of aromatic hydroxyl groups is 1. The Morgan fingerprint density at radius 2 is 2.00 bits per heavy atom. The van der Waals surface area contributed by atoms with Gasteiger partial charge in [0.2, 0.25) is 0 Å². The number of phenols is 1. The lowest BCUT2D eigenvalue weighted by atomic mass is 10.1. The van der Waals surface area contributed by atoms with Crippen molar-refractivity contribution in [1.29, 1.82) is 0 Å². The zero-order valence-electron chi connectivity index (χ0n) is 11.9. The van der Waals surface area contributed by atoms with Gasteiger partial charge in [0.1, 0.15) is 17.9 Å².